The number of aromatic nitrogens is 4. The van der Waals surface area contributed by atoms with Crippen LogP contribution in [0.25, 0.3) is 190 Å². The monoisotopic (exact) mass is 1420 g/mol. The van der Waals surface area contributed by atoms with Gasteiger partial charge in [0.2, 0.25) is 0 Å². The van der Waals surface area contributed by atoms with Gasteiger partial charge in [0.25, 0.3) is 0 Å². The number of hydrogen-bond donors (Lipinski definition) is 0. The van der Waals surface area contributed by atoms with Gasteiger partial charge in [-0.1, -0.05) is 346 Å². The second kappa shape index (κ2) is 23.9. The highest BCUT2D eigenvalue weighted by atomic mass is 16.3. The standard InChI is InChI=1S/C106H62N4O2/c1-2-26-67(27-3-1)90-61-91(109-104(108-90)80-43-20-29-64-25-5-7-33-73(64)80)68-56-52-65(53-57-68)74-39-22-48-88-96(74)81-36-10-15-47-87(81)105(88)89-49-23-40-75(97(89)102-100(105)83-38-12-17-51-95(83)112-102)70-30-18-31-71(60-70)103-107-92(62-93(110-103)79-42-19-28-63-24-4-6-32-72(63)79)69-58-54-66(55-59-69)76-41-21-44-84-98(76)106(99-82-37-11-16-50-94(82)111-101(84)99)85-45-13-8-34-77(85)78-35-9-14-46-86(78)106/h1-62H. The van der Waals surface area contributed by atoms with E-state index in [1.165, 1.54) is 61.2 Å². The van der Waals surface area contributed by atoms with Crippen molar-refractivity contribution >= 4 is 43.5 Å². The highest BCUT2D eigenvalue weighted by molar-refractivity contribution is 6.09. The van der Waals surface area contributed by atoms with Crippen LogP contribution in [0.1, 0.15) is 44.5 Å². The highest BCUT2D eigenvalue weighted by Crippen LogP contribution is 2.69. The number of fused-ring (bicyclic) bond motifs is 26. The van der Waals surface area contributed by atoms with Crippen LogP contribution in [-0.4, -0.2) is 19.9 Å². The largest absolute Gasteiger partial charge is 0.456 e. The smallest absolute Gasteiger partial charge is 0.161 e. The van der Waals surface area contributed by atoms with Gasteiger partial charge in [0, 0.05) is 66.4 Å². The van der Waals surface area contributed by atoms with Crippen molar-refractivity contribution in [3.63, 3.8) is 0 Å². The molecule has 4 heterocycles. The van der Waals surface area contributed by atoms with E-state index in [1.54, 1.807) is 0 Å². The second-order valence-electron chi connectivity index (χ2n) is 30.0. The summed E-state index contributed by atoms with van der Waals surface area (Å²) in [5.74, 6) is 3.13. The van der Waals surface area contributed by atoms with Gasteiger partial charge < -0.3 is 8.83 Å². The van der Waals surface area contributed by atoms with E-state index in [2.05, 4.69) is 370 Å². The van der Waals surface area contributed by atoms with Gasteiger partial charge in [0.05, 0.1) is 33.6 Å². The third-order valence-electron chi connectivity index (χ3n) is 24.4. The first kappa shape index (κ1) is 62.3. The molecular formula is C106H62N4O2. The molecule has 0 bridgehead atoms. The molecule has 0 amide bonds. The van der Waals surface area contributed by atoms with Gasteiger partial charge in [-0.2, -0.15) is 0 Å². The topological polar surface area (TPSA) is 77.8 Å². The molecule has 24 rings (SSSR count). The minimum atomic E-state index is -0.743. The van der Waals surface area contributed by atoms with Crippen molar-refractivity contribution in [2.75, 3.05) is 0 Å². The summed E-state index contributed by atoms with van der Waals surface area (Å²) in [6, 6.07) is 136. The Balaban J connectivity index is 0.636. The van der Waals surface area contributed by atoms with Crippen LogP contribution < -0.4 is 0 Å². The fourth-order valence-electron chi connectivity index (χ4n) is 19.8. The molecule has 6 nitrogen and oxygen atoms in total. The van der Waals surface area contributed by atoms with E-state index in [0.717, 1.165) is 161 Å². The van der Waals surface area contributed by atoms with Crippen LogP contribution >= 0.6 is 0 Å². The Morgan fingerprint density at radius 1 is 0.196 bits per heavy atom. The van der Waals surface area contributed by atoms with Crippen molar-refractivity contribution in [1.29, 1.82) is 0 Å². The maximum absolute atomic E-state index is 7.36. The SMILES string of the molecule is c1ccc(-c2cc(-c3ccc(-c4cccc5c4-c4ccccc4C54c5cccc(-c6cccc(-c7nc(-c8ccc(-c9cccc%10c9C9(c%11ccccc%11-c%11ccccc%119)c9c-%10oc%10ccccc9%10)cc8)cc(-c8cccc9ccccc89)n7)c6)c5-c5oc6ccccc6c54)cc3)nc(-c3cccc4ccccc34)n2)cc1. The molecule has 1 unspecified atom stereocenters. The first-order valence-electron chi connectivity index (χ1n) is 38.4. The molecule has 0 saturated carbocycles. The van der Waals surface area contributed by atoms with E-state index >= 15 is 0 Å². The first-order valence-corrected chi connectivity index (χ1v) is 38.4. The summed E-state index contributed by atoms with van der Waals surface area (Å²) in [7, 11) is 0. The van der Waals surface area contributed by atoms with Crippen LogP contribution in [0.2, 0.25) is 0 Å². The fraction of sp³-hybridized carbons (Fsp3) is 0.0189. The lowest BCUT2D eigenvalue weighted by molar-refractivity contribution is 0.628. The maximum atomic E-state index is 7.36. The zero-order chi connectivity index (χ0) is 73.3. The number of para-hydroxylation sites is 2. The lowest BCUT2D eigenvalue weighted by Gasteiger charge is -2.31. The number of nitrogens with zero attached hydrogens (tertiary/aromatic N) is 4. The summed E-state index contributed by atoms with van der Waals surface area (Å²) in [5, 5.41) is 6.76. The van der Waals surface area contributed by atoms with Gasteiger partial charge in [-0.15, -0.1) is 0 Å². The van der Waals surface area contributed by atoms with Crippen molar-refractivity contribution in [3.05, 3.63) is 421 Å². The Kier molecular flexibility index (Phi) is 13.3. The molecule has 2 spiro atoms. The summed E-state index contributed by atoms with van der Waals surface area (Å²) < 4.78 is 14.4. The zero-order valence-corrected chi connectivity index (χ0v) is 60.4. The summed E-state index contributed by atoms with van der Waals surface area (Å²) in [4.78, 5) is 21.8. The quantitative estimate of drug-likeness (QED) is 0.143. The summed E-state index contributed by atoms with van der Waals surface area (Å²) >= 11 is 0. The van der Waals surface area contributed by atoms with Crippen LogP contribution in [0.15, 0.2) is 385 Å². The molecule has 4 aromatic heterocycles. The molecule has 0 fully saturated rings. The van der Waals surface area contributed by atoms with Crippen molar-refractivity contribution in [2.24, 2.45) is 0 Å². The molecule has 6 heteroatoms. The number of hydrogen-bond acceptors (Lipinski definition) is 6. The Morgan fingerprint density at radius 2 is 0.580 bits per heavy atom. The normalized spacial score (nSPS) is 14.2. The van der Waals surface area contributed by atoms with E-state index in [9.17, 15) is 0 Å². The van der Waals surface area contributed by atoms with E-state index in [-0.39, 0.29) is 0 Å². The lowest BCUT2D eigenvalue weighted by Crippen LogP contribution is -2.26. The molecule has 20 aromatic rings. The Bertz CT molecular complexity index is 7330. The Morgan fingerprint density at radius 3 is 1.24 bits per heavy atom. The van der Waals surface area contributed by atoms with Gasteiger partial charge in [-0.3, -0.25) is 0 Å². The molecule has 4 aliphatic rings. The van der Waals surface area contributed by atoms with E-state index < -0.39 is 10.8 Å². The zero-order valence-electron chi connectivity index (χ0n) is 60.4. The minimum Gasteiger partial charge on any atom is -0.456 e. The molecule has 112 heavy (non-hydrogen) atoms. The van der Waals surface area contributed by atoms with E-state index in [0.29, 0.717) is 11.6 Å². The Hall–Kier alpha value is -14.7. The van der Waals surface area contributed by atoms with Crippen LogP contribution in [0.5, 0.6) is 0 Å². The van der Waals surface area contributed by atoms with Gasteiger partial charge >= 0.3 is 0 Å². The summed E-state index contributed by atoms with van der Waals surface area (Å²) in [6.07, 6.45) is 0. The molecule has 4 aliphatic carbocycles. The number of furan rings is 2. The Labute approximate surface area is 645 Å². The average molecular weight is 1420 g/mol. The average Bonchev–Trinajstić information content (AvgIpc) is 1.50. The van der Waals surface area contributed by atoms with Crippen LogP contribution in [-0.2, 0) is 10.8 Å². The first-order chi connectivity index (χ1) is 55.5. The maximum Gasteiger partial charge on any atom is 0.161 e. The highest BCUT2D eigenvalue weighted by Gasteiger charge is 2.57. The van der Waals surface area contributed by atoms with Crippen LogP contribution in [0.3, 0.4) is 0 Å². The van der Waals surface area contributed by atoms with Crippen molar-refractivity contribution in [2.45, 2.75) is 10.8 Å². The second-order valence-corrected chi connectivity index (χ2v) is 30.0. The van der Waals surface area contributed by atoms with Crippen LogP contribution in [0, 0.1) is 0 Å². The van der Waals surface area contributed by atoms with Gasteiger partial charge in [0.15, 0.2) is 11.6 Å². The lowest BCUT2D eigenvalue weighted by atomic mass is 9.68. The molecule has 0 aliphatic heterocycles. The van der Waals surface area contributed by atoms with Crippen molar-refractivity contribution < 1.29 is 8.83 Å². The number of rotatable bonds is 9. The van der Waals surface area contributed by atoms with E-state index in [1.807, 2.05) is 6.07 Å². The summed E-state index contributed by atoms with van der Waals surface area (Å²) in [5.41, 5.74) is 33.3. The molecule has 0 N–H and O–H groups in total. The van der Waals surface area contributed by atoms with E-state index in [4.69, 9.17) is 28.8 Å². The van der Waals surface area contributed by atoms with Crippen molar-refractivity contribution in [1.82, 2.24) is 19.9 Å². The molecular weight excluding hydrogens is 1360 g/mol. The molecule has 1 atom stereocenters. The predicted octanol–water partition coefficient (Wildman–Crippen LogP) is 26.8. The summed E-state index contributed by atoms with van der Waals surface area (Å²) in [6.45, 7) is 0. The molecule has 518 valence electrons. The number of benzene rings is 16. The van der Waals surface area contributed by atoms with Crippen LogP contribution in [0.4, 0.5) is 0 Å². The van der Waals surface area contributed by atoms with Gasteiger partial charge in [-0.25, -0.2) is 19.9 Å². The minimum absolute atomic E-state index is 0.618. The molecule has 0 saturated heterocycles. The molecule has 16 aromatic carbocycles. The van der Waals surface area contributed by atoms with Gasteiger partial charge in [-0.05, 0) is 141 Å². The van der Waals surface area contributed by atoms with Crippen molar-refractivity contribution in [3.8, 4) is 146 Å². The van der Waals surface area contributed by atoms with Gasteiger partial charge in [0.1, 0.15) is 22.7 Å². The third-order valence-corrected chi connectivity index (χ3v) is 24.4. The fourth-order valence-corrected chi connectivity index (χ4v) is 19.8. The molecule has 0 radical (unpaired) electrons. The predicted molar refractivity (Wildman–Crippen MR) is 454 cm³/mol. The third kappa shape index (κ3) is 8.80.